The van der Waals surface area contributed by atoms with E-state index in [2.05, 4.69) is 15.5 Å². The van der Waals surface area contributed by atoms with E-state index in [9.17, 15) is 4.79 Å². The Morgan fingerprint density at radius 3 is 2.67 bits per heavy atom. The Bertz CT molecular complexity index is 347. The molecule has 0 atom stereocenters. The fourth-order valence-corrected chi connectivity index (χ4v) is 1.70. The van der Waals surface area contributed by atoms with Gasteiger partial charge in [0.05, 0.1) is 6.54 Å². The van der Waals surface area contributed by atoms with Gasteiger partial charge in [0.15, 0.2) is 0 Å². The van der Waals surface area contributed by atoms with Crippen LogP contribution in [0.2, 0.25) is 0 Å². The van der Waals surface area contributed by atoms with Gasteiger partial charge in [-0.2, -0.15) is 0 Å². The molecular weight excluding hydrogens is 190 g/mol. The first-order chi connectivity index (χ1) is 7.29. The molecule has 1 heterocycles. The number of anilines is 2. The molecule has 0 saturated carbocycles. The molecule has 2 N–H and O–H groups in total. The van der Waals surface area contributed by atoms with Crippen molar-refractivity contribution in [2.24, 2.45) is 0 Å². The standard InChI is InChI=1S/C11H15N3O/c1-12-9-2-4-10(5-3-9)14-7-6-13-11(15)8-14/h2-5,12H,6-8H2,1H3,(H,13,15). The van der Waals surface area contributed by atoms with Crippen molar-refractivity contribution in [3.63, 3.8) is 0 Å². The maximum atomic E-state index is 11.2. The van der Waals surface area contributed by atoms with Crippen LogP contribution in [0.4, 0.5) is 11.4 Å². The third-order valence-electron chi connectivity index (χ3n) is 2.56. The fourth-order valence-electron chi connectivity index (χ4n) is 1.70. The van der Waals surface area contributed by atoms with Gasteiger partial charge in [0, 0.05) is 31.5 Å². The van der Waals surface area contributed by atoms with E-state index in [0.717, 1.165) is 24.5 Å². The number of hydrogen-bond acceptors (Lipinski definition) is 3. The molecule has 0 bridgehead atoms. The summed E-state index contributed by atoms with van der Waals surface area (Å²) in [5, 5.41) is 5.88. The second kappa shape index (κ2) is 4.21. The highest BCUT2D eigenvalue weighted by Crippen LogP contribution is 2.17. The summed E-state index contributed by atoms with van der Waals surface area (Å²) in [7, 11) is 1.89. The second-order valence-electron chi connectivity index (χ2n) is 3.57. The minimum absolute atomic E-state index is 0.0962. The monoisotopic (exact) mass is 205 g/mol. The van der Waals surface area contributed by atoms with Crippen LogP contribution >= 0.6 is 0 Å². The predicted molar refractivity (Wildman–Crippen MR) is 61.2 cm³/mol. The van der Waals surface area contributed by atoms with Crippen molar-refractivity contribution < 1.29 is 4.79 Å². The predicted octanol–water partition coefficient (Wildman–Crippen LogP) is 0.664. The van der Waals surface area contributed by atoms with Gasteiger partial charge in [-0.1, -0.05) is 0 Å². The minimum Gasteiger partial charge on any atom is -0.388 e. The van der Waals surface area contributed by atoms with E-state index in [1.54, 1.807) is 0 Å². The average Bonchev–Trinajstić information content (AvgIpc) is 2.29. The summed E-state index contributed by atoms with van der Waals surface area (Å²) in [4.78, 5) is 13.3. The lowest BCUT2D eigenvalue weighted by Crippen LogP contribution is -2.47. The molecule has 1 aliphatic rings. The van der Waals surface area contributed by atoms with Gasteiger partial charge in [0.25, 0.3) is 0 Å². The highest BCUT2D eigenvalue weighted by atomic mass is 16.2. The number of nitrogens with zero attached hydrogens (tertiary/aromatic N) is 1. The molecule has 1 fully saturated rings. The average molecular weight is 205 g/mol. The molecule has 1 aromatic rings. The normalized spacial score (nSPS) is 16.1. The number of benzene rings is 1. The largest absolute Gasteiger partial charge is 0.388 e. The number of hydrogen-bond donors (Lipinski definition) is 2. The van der Waals surface area contributed by atoms with Crippen LogP contribution in [0.15, 0.2) is 24.3 Å². The molecule has 2 rings (SSSR count). The molecule has 0 aliphatic carbocycles. The van der Waals surface area contributed by atoms with Crippen LogP contribution in [-0.2, 0) is 4.79 Å². The van der Waals surface area contributed by atoms with Gasteiger partial charge < -0.3 is 15.5 Å². The van der Waals surface area contributed by atoms with Crippen molar-refractivity contribution in [3.05, 3.63) is 24.3 Å². The van der Waals surface area contributed by atoms with Gasteiger partial charge in [-0.05, 0) is 24.3 Å². The second-order valence-corrected chi connectivity index (χ2v) is 3.57. The first-order valence-corrected chi connectivity index (χ1v) is 5.09. The van der Waals surface area contributed by atoms with Gasteiger partial charge in [0.2, 0.25) is 5.91 Å². The lowest BCUT2D eigenvalue weighted by Gasteiger charge is -2.28. The SMILES string of the molecule is CNc1ccc(N2CCNC(=O)C2)cc1. The molecule has 4 heteroatoms. The Kier molecular flexibility index (Phi) is 2.76. The molecule has 0 unspecified atom stereocenters. The number of piperazine rings is 1. The van der Waals surface area contributed by atoms with Crippen LogP contribution in [0.1, 0.15) is 0 Å². The van der Waals surface area contributed by atoms with E-state index in [1.807, 2.05) is 31.3 Å². The Hall–Kier alpha value is -1.71. The highest BCUT2D eigenvalue weighted by Gasteiger charge is 2.15. The van der Waals surface area contributed by atoms with Crippen LogP contribution in [0, 0.1) is 0 Å². The van der Waals surface area contributed by atoms with Crippen LogP contribution < -0.4 is 15.5 Å². The Morgan fingerprint density at radius 1 is 1.33 bits per heavy atom. The summed E-state index contributed by atoms with van der Waals surface area (Å²) in [6.07, 6.45) is 0. The topological polar surface area (TPSA) is 44.4 Å². The number of carbonyl (C=O) groups is 1. The first kappa shape index (κ1) is 9.83. The van der Waals surface area contributed by atoms with Crippen LogP contribution in [0.3, 0.4) is 0 Å². The zero-order chi connectivity index (χ0) is 10.7. The molecule has 0 radical (unpaired) electrons. The maximum absolute atomic E-state index is 11.2. The lowest BCUT2D eigenvalue weighted by molar-refractivity contribution is -0.120. The highest BCUT2D eigenvalue weighted by molar-refractivity contribution is 5.82. The van der Waals surface area contributed by atoms with Crippen LogP contribution in [0.25, 0.3) is 0 Å². The number of rotatable bonds is 2. The third-order valence-corrected chi connectivity index (χ3v) is 2.56. The number of carbonyl (C=O) groups excluding carboxylic acids is 1. The van der Waals surface area contributed by atoms with Crippen molar-refractivity contribution >= 4 is 17.3 Å². The Balaban J connectivity index is 2.11. The fraction of sp³-hybridized carbons (Fsp3) is 0.364. The summed E-state index contributed by atoms with van der Waals surface area (Å²) in [6.45, 7) is 2.07. The van der Waals surface area contributed by atoms with Gasteiger partial charge >= 0.3 is 0 Å². The zero-order valence-corrected chi connectivity index (χ0v) is 8.79. The molecule has 1 aliphatic heterocycles. The number of amides is 1. The van der Waals surface area contributed by atoms with E-state index >= 15 is 0 Å². The Labute approximate surface area is 89.3 Å². The summed E-state index contributed by atoms with van der Waals surface area (Å²) >= 11 is 0. The van der Waals surface area contributed by atoms with Gasteiger partial charge in [-0.15, -0.1) is 0 Å². The van der Waals surface area contributed by atoms with E-state index in [0.29, 0.717) is 6.54 Å². The van der Waals surface area contributed by atoms with E-state index in [4.69, 9.17) is 0 Å². The first-order valence-electron chi connectivity index (χ1n) is 5.09. The van der Waals surface area contributed by atoms with E-state index in [-0.39, 0.29) is 5.91 Å². The summed E-state index contributed by atoms with van der Waals surface area (Å²) in [6, 6.07) is 8.10. The van der Waals surface area contributed by atoms with Crippen LogP contribution in [-0.4, -0.2) is 32.6 Å². The molecule has 1 aromatic carbocycles. The van der Waals surface area contributed by atoms with E-state index in [1.165, 1.54) is 0 Å². The van der Waals surface area contributed by atoms with Gasteiger partial charge in [-0.3, -0.25) is 4.79 Å². The van der Waals surface area contributed by atoms with Crippen molar-refractivity contribution in [3.8, 4) is 0 Å². The zero-order valence-electron chi connectivity index (χ0n) is 8.79. The van der Waals surface area contributed by atoms with Gasteiger partial charge in [0.1, 0.15) is 0 Å². The van der Waals surface area contributed by atoms with Crippen molar-refractivity contribution in [2.75, 3.05) is 36.9 Å². The molecule has 15 heavy (non-hydrogen) atoms. The molecule has 4 nitrogen and oxygen atoms in total. The molecule has 1 saturated heterocycles. The summed E-state index contributed by atoms with van der Waals surface area (Å²) in [5.41, 5.74) is 2.18. The molecule has 80 valence electrons. The summed E-state index contributed by atoms with van der Waals surface area (Å²) < 4.78 is 0. The third kappa shape index (κ3) is 2.21. The number of nitrogens with one attached hydrogen (secondary N) is 2. The van der Waals surface area contributed by atoms with Crippen LogP contribution in [0.5, 0.6) is 0 Å². The molecule has 0 spiro atoms. The maximum Gasteiger partial charge on any atom is 0.239 e. The van der Waals surface area contributed by atoms with Gasteiger partial charge in [-0.25, -0.2) is 0 Å². The molecule has 1 amide bonds. The van der Waals surface area contributed by atoms with Crippen molar-refractivity contribution in [2.45, 2.75) is 0 Å². The van der Waals surface area contributed by atoms with Crippen molar-refractivity contribution in [1.29, 1.82) is 0 Å². The minimum atomic E-state index is 0.0962. The van der Waals surface area contributed by atoms with Crippen molar-refractivity contribution in [1.82, 2.24) is 5.32 Å². The quantitative estimate of drug-likeness (QED) is 0.745. The Morgan fingerprint density at radius 2 is 2.07 bits per heavy atom. The van der Waals surface area contributed by atoms with E-state index < -0.39 is 0 Å². The summed E-state index contributed by atoms with van der Waals surface area (Å²) in [5.74, 6) is 0.0962. The molecular formula is C11H15N3O. The smallest absolute Gasteiger partial charge is 0.239 e. The molecule has 0 aromatic heterocycles. The lowest BCUT2D eigenvalue weighted by atomic mass is 10.2.